The monoisotopic (exact) mass is 394 g/mol. The van der Waals surface area contributed by atoms with E-state index in [2.05, 4.69) is 31.4 Å². The van der Waals surface area contributed by atoms with Gasteiger partial charge in [-0.3, -0.25) is 9.67 Å². The van der Waals surface area contributed by atoms with Crippen LogP contribution >= 0.6 is 0 Å². The minimum absolute atomic E-state index is 0.439. The average molecular weight is 394 g/mol. The van der Waals surface area contributed by atoms with Gasteiger partial charge in [-0.05, 0) is 38.5 Å². The lowest BCUT2D eigenvalue weighted by Crippen LogP contribution is -2.09. The predicted molar refractivity (Wildman–Crippen MR) is 109 cm³/mol. The van der Waals surface area contributed by atoms with Crippen molar-refractivity contribution < 1.29 is 9.47 Å². The van der Waals surface area contributed by atoms with Crippen molar-refractivity contribution in [2.75, 3.05) is 19.0 Å². The first-order valence-corrected chi connectivity index (χ1v) is 9.73. The molecule has 0 unspecified atom stereocenters. The molecule has 1 N–H and O–H groups in total. The van der Waals surface area contributed by atoms with Crippen molar-refractivity contribution in [3.63, 3.8) is 0 Å². The van der Waals surface area contributed by atoms with Crippen LogP contribution in [-0.4, -0.2) is 38.4 Å². The summed E-state index contributed by atoms with van der Waals surface area (Å²) in [5.41, 5.74) is 3.18. The van der Waals surface area contributed by atoms with Crippen LogP contribution in [-0.2, 0) is 13.6 Å². The third kappa shape index (κ3) is 4.64. The normalized spacial score (nSPS) is 17.8. The third-order valence-electron chi connectivity index (χ3n) is 5.11. The van der Waals surface area contributed by atoms with Crippen LogP contribution in [0.15, 0.2) is 30.5 Å². The van der Waals surface area contributed by atoms with Gasteiger partial charge in [0.25, 0.3) is 0 Å². The standard InChI is InChI=1S/C21H26N6O2/c1-13-7-16(27(3)26-13)10-23-20-9-21(25-14(2)24-20)29-12-15-8-18(15)19-6-5-17(28-4)11-22-19/h5-7,9,11,15,18H,8,10,12H2,1-4H3,(H,23,24,25)/t15-,18+/m1/s1. The van der Waals surface area contributed by atoms with Crippen molar-refractivity contribution >= 4 is 5.82 Å². The zero-order valence-electron chi connectivity index (χ0n) is 17.2. The largest absolute Gasteiger partial charge is 0.495 e. The molecule has 8 nitrogen and oxygen atoms in total. The number of aromatic nitrogens is 5. The Balaban J connectivity index is 1.33. The minimum atomic E-state index is 0.439. The van der Waals surface area contributed by atoms with E-state index < -0.39 is 0 Å². The second-order valence-electron chi connectivity index (χ2n) is 7.43. The summed E-state index contributed by atoms with van der Waals surface area (Å²) in [7, 11) is 3.59. The molecule has 3 aromatic rings. The first-order chi connectivity index (χ1) is 14.0. The summed E-state index contributed by atoms with van der Waals surface area (Å²) in [6, 6.07) is 7.88. The lowest BCUT2D eigenvalue weighted by atomic mass is 10.2. The molecule has 0 aliphatic heterocycles. The van der Waals surface area contributed by atoms with E-state index in [9.17, 15) is 0 Å². The summed E-state index contributed by atoms with van der Waals surface area (Å²) in [6.07, 6.45) is 2.84. The molecule has 0 spiro atoms. The zero-order valence-corrected chi connectivity index (χ0v) is 17.2. The molecule has 1 fully saturated rings. The van der Waals surface area contributed by atoms with Crippen molar-refractivity contribution in [1.29, 1.82) is 0 Å². The van der Waals surface area contributed by atoms with Crippen molar-refractivity contribution in [2.24, 2.45) is 13.0 Å². The molecule has 3 aromatic heterocycles. The lowest BCUT2D eigenvalue weighted by Gasteiger charge is -2.10. The Labute approximate surface area is 170 Å². The molecule has 4 rings (SSSR count). The number of nitrogens with one attached hydrogen (secondary N) is 1. The molecule has 2 atom stereocenters. The van der Waals surface area contributed by atoms with Crippen LogP contribution < -0.4 is 14.8 Å². The van der Waals surface area contributed by atoms with Gasteiger partial charge in [-0.25, -0.2) is 4.98 Å². The topological polar surface area (TPSA) is 87.0 Å². The molecule has 0 aromatic carbocycles. The van der Waals surface area contributed by atoms with Gasteiger partial charge in [-0.2, -0.15) is 10.1 Å². The Morgan fingerprint density at radius 3 is 2.76 bits per heavy atom. The summed E-state index contributed by atoms with van der Waals surface area (Å²) in [5, 5.41) is 7.69. The lowest BCUT2D eigenvalue weighted by molar-refractivity contribution is 0.284. The summed E-state index contributed by atoms with van der Waals surface area (Å²) in [5.74, 6) is 3.69. The highest BCUT2D eigenvalue weighted by molar-refractivity contribution is 5.39. The molecule has 29 heavy (non-hydrogen) atoms. The van der Waals surface area contributed by atoms with Crippen LogP contribution in [0.3, 0.4) is 0 Å². The summed E-state index contributed by atoms with van der Waals surface area (Å²) in [6.45, 7) is 5.11. The maximum atomic E-state index is 5.97. The number of anilines is 1. The Kier molecular flexibility index (Phi) is 5.33. The van der Waals surface area contributed by atoms with E-state index in [1.807, 2.05) is 43.8 Å². The van der Waals surface area contributed by atoms with Gasteiger partial charge in [0.15, 0.2) is 0 Å². The number of aryl methyl sites for hydroxylation is 3. The number of hydrogen-bond donors (Lipinski definition) is 1. The molecule has 0 amide bonds. The fraction of sp³-hybridized carbons (Fsp3) is 0.429. The zero-order chi connectivity index (χ0) is 20.4. The van der Waals surface area contributed by atoms with Gasteiger partial charge in [-0.15, -0.1) is 0 Å². The van der Waals surface area contributed by atoms with Gasteiger partial charge in [0, 0.05) is 30.6 Å². The van der Waals surface area contributed by atoms with Gasteiger partial charge in [0.1, 0.15) is 17.4 Å². The van der Waals surface area contributed by atoms with Gasteiger partial charge < -0.3 is 14.8 Å². The van der Waals surface area contributed by atoms with E-state index in [0.29, 0.717) is 36.7 Å². The maximum absolute atomic E-state index is 5.97. The van der Waals surface area contributed by atoms with Gasteiger partial charge in [-0.1, -0.05) is 0 Å². The van der Waals surface area contributed by atoms with Crippen LogP contribution in [0.4, 0.5) is 5.82 Å². The second kappa shape index (κ2) is 8.06. The van der Waals surface area contributed by atoms with Crippen LogP contribution in [0, 0.1) is 19.8 Å². The number of pyridine rings is 1. The Morgan fingerprint density at radius 1 is 1.21 bits per heavy atom. The van der Waals surface area contributed by atoms with Crippen molar-refractivity contribution in [2.45, 2.75) is 32.7 Å². The van der Waals surface area contributed by atoms with Crippen molar-refractivity contribution in [1.82, 2.24) is 24.7 Å². The Hall–Kier alpha value is -3.16. The minimum Gasteiger partial charge on any atom is -0.495 e. The van der Waals surface area contributed by atoms with Gasteiger partial charge in [0.2, 0.25) is 5.88 Å². The number of nitrogens with zero attached hydrogens (tertiary/aromatic N) is 5. The Morgan fingerprint density at radius 2 is 2.07 bits per heavy atom. The molecule has 0 bridgehead atoms. The number of methoxy groups -OCH3 is 1. The second-order valence-corrected chi connectivity index (χ2v) is 7.43. The van der Waals surface area contributed by atoms with E-state index in [-0.39, 0.29) is 0 Å². The molecule has 1 aliphatic carbocycles. The van der Waals surface area contributed by atoms with Crippen LogP contribution in [0.2, 0.25) is 0 Å². The number of rotatable bonds is 8. The van der Waals surface area contributed by atoms with E-state index in [0.717, 1.165) is 35.1 Å². The molecule has 8 heteroatoms. The molecular weight excluding hydrogens is 368 g/mol. The van der Waals surface area contributed by atoms with E-state index >= 15 is 0 Å². The highest BCUT2D eigenvalue weighted by Gasteiger charge is 2.40. The van der Waals surface area contributed by atoms with Crippen molar-refractivity contribution in [3.05, 3.63) is 53.4 Å². The highest BCUT2D eigenvalue weighted by Crippen LogP contribution is 2.46. The third-order valence-corrected chi connectivity index (χ3v) is 5.11. The number of ether oxygens (including phenoxy) is 2. The van der Waals surface area contributed by atoms with Crippen LogP contribution in [0.5, 0.6) is 11.6 Å². The quantitative estimate of drug-likeness (QED) is 0.628. The number of hydrogen-bond acceptors (Lipinski definition) is 7. The van der Waals surface area contributed by atoms with Crippen LogP contribution in [0.1, 0.15) is 35.2 Å². The molecule has 1 saturated carbocycles. The molecule has 3 heterocycles. The predicted octanol–water partition coefficient (Wildman–Crippen LogP) is 3.03. The SMILES string of the molecule is COc1ccc([C@H]2C[C@@H]2COc2cc(NCc3cc(C)nn3C)nc(C)n2)nc1. The molecule has 0 radical (unpaired) electrons. The summed E-state index contributed by atoms with van der Waals surface area (Å²) >= 11 is 0. The average Bonchev–Trinajstić information content (AvgIpc) is 3.41. The first-order valence-electron chi connectivity index (χ1n) is 9.73. The summed E-state index contributed by atoms with van der Waals surface area (Å²) in [4.78, 5) is 13.3. The van der Waals surface area contributed by atoms with E-state index in [4.69, 9.17) is 9.47 Å². The fourth-order valence-corrected chi connectivity index (χ4v) is 3.43. The van der Waals surface area contributed by atoms with Crippen molar-refractivity contribution in [3.8, 4) is 11.6 Å². The Bertz CT molecular complexity index is 985. The van der Waals surface area contributed by atoms with E-state index in [1.54, 1.807) is 13.3 Å². The molecular formula is C21H26N6O2. The maximum Gasteiger partial charge on any atom is 0.218 e. The molecule has 152 valence electrons. The van der Waals surface area contributed by atoms with Crippen LogP contribution in [0.25, 0.3) is 0 Å². The summed E-state index contributed by atoms with van der Waals surface area (Å²) < 4.78 is 13.0. The fourth-order valence-electron chi connectivity index (χ4n) is 3.43. The smallest absolute Gasteiger partial charge is 0.218 e. The highest BCUT2D eigenvalue weighted by atomic mass is 16.5. The van der Waals surface area contributed by atoms with Gasteiger partial charge >= 0.3 is 0 Å². The molecule has 0 saturated heterocycles. The first kappa shape index (κ1) is 19.2. The molecule has 1 aliphatic rings. The van der Waals surface area contributed by atoms with E-state index in [1.165, 1.54) is 0 Å². The van der Waals surface area contributed by atoms with Gasteiger partial charge in [0.05, 0.1) is 37.8 Å².